The van der Waals surface area contributed by atoms with Crippen LogP contribution in [-0.2, 0) is 0 Å². The van der Waals surface area contributed by atoms with Crippen LogP contribution in [0.5, 0.6) is 0 Å². The Hall–Kier alpha value is -2.53. The quantitative estimate of drug-likeness (QED) is 0.367. The van der Waals surface area contributed by atoms with Crippen LogP contribution in [0.2, 0.25) is 0 Å². The molecule has 1 atom stereocenters. The Morgan fingerprint density at radius 1 is 1.43 bits per heavy atom. The summed E-state index contributed by atoms with van der Waals surface area (Å²) in [7, 11) is 0. The predicted molar refractivity (Wildman–Crippen MR) is 82.4 cm³/mol. The molecular formula is C13H17N7O3. The average Bonchev–Trinajstić information content (AvgIpc) is 3.00. The van der Waals surface area contributed by atoms with Crippen LogP contribution in [-0.4, -0.2) is 60.7 Å². The number of nitrogens with one attached hydrogen (secondary N) is 1. The molecule has 1 aliphatic rings. The van der Waals surface area contributed by atoms with Gasteiger partial charge in [-0.15, -0.1) is 0 Å². The summed E-state index contributed by atoms with van der Waals surface area (Å²) >= 11 is 0. The Morgan fingerprint density at radius 3 is 2.91 bits per heavy atom. The van der Waals surface area contributed by atoms with E-state index in [2.05, 4.69) is 19.9 Å². The maximum atomic E-state index is 10.1. The van der Waals surface area contributed by atoms with E-state index in [1.165, 1.54) is 17.5 Å². The molecule has 23 heavy (non-hydrogen) atoms. The summed E-state index contributed by atoms with van der Waals surface area (Å²) < 4.78 is 0. The van der Waals surface area contributed by atoms with E-state index >= 15 is 0 Å². The molecular weight excluding hydrogens is 302 g/mol. The Labute approximate surface area is 131 Å². The lowest BCUT2D eigenvalue weighted by molar-refractivity contribution is -0.124. The lowest BCUT2D eigenvalue weighted by Crippen LogP contribution is -2.42. The second-order valence-electron chi connectivity index (χ2n) is 4.94. The molecule has 0 saturated heterocycles. The zero-order chi connectivity index (χ0) is 16.6. The Bertz CT molecular complexity index is 785. The maximum absolute atomic E-state index is 10.1. The highest BCUT2D eigenvalue weighted by atomic mass is 16.5. The number of fused-ring (bicyclic) bond motifs is 1. The summed E-state index contributed by atoms with van der Waals surface area (Å²) in [5.74, 6) is 6.50. The van der Waals surface area contributed by atoms with Crippen LogP contribution in [0.4, 0.5) is 5.82 Å². The maximum Gasteiger partial charge on any atom is 0.178 e. The van der Waals surface area contributed by atoms with Gasteiger partial charge in [0.2, 0.25) is 0 Å². The van der Waals surface area contributed by atoms with Crippen molar-refractivity contribution in [2.75, 3.05) is 18.2 Å². The van der Waals surface area contributed by atoms with E-state index in [-0.39, 0.29) is 11.4 Å². The predicted octanol–water partition coefficient (Wildman–Crippen LogP) is -0.696. The zero-order valence-corrected chi connectivity index (χ0v) is 12.4. The molecule has 0 aromatic carbocycles. The van der Waals surface area contributed by atoms with E-state index in [1.54, 1.807) is 6.20 Å². The fourth-order valence-corrected chi connectivity index (χ4v) is 2.32. The third kappa shape index (κ3) is 2.43. The van der Waals surface area contributed by atoms with Crippen molar-refractivity contribution in [1.82, 2.24) is 20.0 Å². The molecule has 0 amide bonds. The molecule has 6 N–H and O–H groups in total. The Morgan fingerprint density at radius 2 is 2.22 bits per heavy atom. The molecule has 0 bridgehead atoms. The number of aliphatic hydroxyl groups excluding tert-OH is 2. The lowest BCUT2D eigenvalue weighted by atomic mass is 10.2. The van der Waals surface area contributed by atoms with Crippen molar-refractivity contribution < 1.29 is 15.4 Å². The van der Waals surface area contributed by atoms with Crippen molar-refractivity contribution >= 4 is 22.7 Å². The van der Waals surface area contributed by atoms with Crippen LogP contribution in [0.1, 0.15) is 12.5 Å². The third-order valence-electron chi connectivity index (χ3n) is 3.61. The van der Waals surface area contributed by atoms with Gasteiger partial charge in [-0.25, -0.2) is 25.9 Å². The van der Waals surface area contributed by atoms with Crippen molar-refractivity contribution in [3.05, 3.63) is 29.9 Å². The number of rotatable bonds is 4. The van der Waals surface area contributed by atoms with Crippen molar-refractivity contribution in [2.24, 2.45) is 10.8 Å². The number of hydrogen-bond acceptors (Lipinski definition) is 9. The number of amidine groups is 1. The number of aliphatic hydroxyl groups is 2. The second-order valence-corrected chi connectivity index (χ2v) is 4.94. The minimum Gasteiger partial charge on any atom is -0.392 e. The van der Waals surface area contributed by atoms with Gasteiger partial charge in [-0.3, -0.25) is 10.2 Å². The van der Waals surface area contributed by atoms with E-state index in [0.717, 1.165) is 0 Å². The van der Waals surface area contributed by atoms with Crippen LogP contribution in [0, 0.1) is 0 Å². The van der Waals surface area contributed by atoms with Crippen LogP contribution in [0.3, 0.4) is 0 Å². The molecule has 10 nitrogen and oxygen atoms in total. The van der Waals surface area contributed by atoms with Gasteiger partial charge in [0, 0.05) is 24.5 Å². The van der Waals surface area contributed by atoms with Crippen LogP contribution in [0.25, 0.3) is 11.0 Å². The molecule has 0 radical (unpaired) electrons. The molecule has 0 spiro atoms. The van der Waals surface area contributed by atoms with Gasteiger partial charge in [0.25, 0.3) is 0 Å². The molecule has 122 valence electrons. The second kappa shape index (κ2) is 5.93. The topological polar surface area (TPSA) is 147 Å². The summed E-state index contributed by atoms with van der Waals surface area (Å²) in [5, 5.41) is 31.2. The van der Waals surface area contributed by atoms with Gasteiger partial charge in [-0.05, 0) is 6.92 Å². The van der Waals surface area contributed by atoms with Crippen molar-refractivity contribution in [3.8, 4) is 0 Å². The first-order valence-electron chi connectivity index (χ1n) is 6.97. The van der Waals surface area contributed by atoms with E-state index in [1.807, 2.05) is 6.92 Å². The van der Waals surface area contributed by atoms with Gasteiger partial charge in [-0.2, -0.15) is 0 Å². The normalized spacial score (nSPS) is 18.1. The lowest BCUT2D eigenvalue weighted by Gasteiger charge is -2.27. The smallest absolute Gasteiger partial charge is 0.178 e. The first-order valence-corrected chi connectivity index (χ1v) is 6.97. The number of hydrogen-bond donors (Lipinski definition) is 5. The fraction of sp³-hybridized carbons (Fsp3) is 0.308. The molecule has 3 rings (SSSR count). The zero-order valence-electron chi connectivity index (χ0n) is 12.4. The molecule has 0 saturated carbocycles. The van der Waals surface area contributed by atoms with E-state index in [0.29, 0.717) is 34.0 Å². The van der Waals surface area contributed by atoms with Gasteiger partial charge in [0.05, 0.1) is 12.2 Å². The number of H-pyrrole nitrogens is 1. The molecule has 2 aromatic heterocycles. The molecule has 2 aromatic rings. The minimum atomic E-state index is -1.37. The summed E-state index contributed by atoms with van der Waals surface area (Å²) in [6.07, 6.45) is 2.90. The van der Waals surface area contributed by atoms with E-state index in [4.69, 9.17) is 10.9 Å². The molecule has 0 unspecified atom stereocenters. The van der Waals surface area contributed by atoms with Crippen molar-refractivity contribution in [3.63, 3.8) is 0 Å². The number of aromatic amines is 1. The highest BCUT2D eigenvalue weighted by Crippen LogP contribution is 2.26. The molecule has 1 aliphatic heterocycles. The summed E-state index contributed by atoms with van der Waals surface area (Å²) in [6.45, 7) is 2.03. The number of anilines is 1. The molecule has 10 heteroatoms. The highest BCUT2D eigenvalue weighted by molar-refractivity contribution is 6.10. The molecule has 0 fully saturated rings. The van der Waals surface area contributed by atoms with E-state index in [9.17, 15) is 10.3 Å². The van der Waals surface area contributed by atoms with Gasteiger partial charge in [0.15, 0.2) is 17.9 Å². The Balaban J connectivity index is 2.12. The van der Waals surface area contributed by atoms with Crippen LogP contribution >= 0.6 is 0 Å². The van der Waals surface area contributed by atoms with Gasteiger partial charge >= 0.3 is 0 Å². The fourth-order valence-electron chi connectivity index (χ4n) is 2.32. The van der Waals surface area contributed by atoms with Gasteiger partial charge in [0.1, 0.15) is 17.4 Å². The third-order valence-corrected chi connectivity index (χ3v) is 3.61. The van der Waals surface area contributed by atoms with Gasteiger partial charge in [-0.1, -0.05) is 0 Å². The first-order chi connectivity index (χ1) is 11.1. The number of nitrogens with two attached hydrogens (primary N) is 1. The number of aromatic nitrogens is 3. The minimum absolute atomic E-state index is 0.102. The average molecular weight is 319 g/mol. The summed E-state index contributed by atoms with van der Waals surface area (Å²) in [5.41, 5.74) is 1.76. The largest absolute Gasteiger partial charge is 0.392 e. The van der Waals surface area contributed by atoms with Crippen molar-refractivity contribution in [1.29, 1.82) is 0 Å². The molecule has 0 aliphatic carbocycles. The van der Waals surface area contributed by atoms with Gasteiger partial charge < -0.3 is 15.2 Å². The monoisotopic (exact) mass is 319 g/mol. The van der Waals surface area contributed by atoms with E-state index < -0.39 is 12.8 Å². The summed E-state index contributed by atoms with van der Waals surface area (Å²) in [6, 6.07) is 0. The Kier molecular flexibility index (Phi) is 3.96. The first kappa shape index (κ1) is 15.4. The van der Waals surface area contributed by atoms with Crippen molar-refractivity contribution in [2.45, 2.75) is 13.2 Å². The van der Waals surface area contributed by atoms with Crippen LogP contribution < -0.4 is 10.9 Å². The summed E-state index contributed by atoms with van der Waals surface area (Å²) in [4.78, 5) is 15.4. The number of nitrogens with zero attached hydrogens (tertiary/aromatic N) is 5. The molecule has 3 heterocycles. The standard InChI is InChI=1S/C13H17N7O3/c1-2-19(14)12-10-9(17-6-18-12)8(4-15-10)11-16-3-7(5-21)13(22)20(11)23/h3-4,6,13,15,21-23H,2,5,14H2,1H3/t13-/m1/s1. The highest BCUT2D eigenvalue weighted by Gasteiger charge is 2.28. The number of hydroxylamine groups is 2. The number of aliphatic imine (C=N–C) groups is 1. The number of hydrazine groups is 1. The SMILES string of the molecule is CCN(N)c1ncnc2c(C3=NC=C(CO)[C@@H](O)N3O)c[nH]c12. The van der Waals surface area contributed by atoms with Crippen LogP contribution in [0.15, 0.2) is 29.3 Å².